The van der Waals surface area contributed by atoms with Gasteiger partial charge in [-0.3, -0.25) is 0 Å². The normalized spacial score (nSPS) is 13.3. The highest BCUT2D eigenvalue weighted by molar-refractivity contribution is 7.10. The molecule has 2 heterocycles. The summed E-state index contributed by atoms with van der Waals surface area (Å²) in [6.07, 6.45) is 0.816. The molecule has 0 saturated carbocycles. The van der Waals surface area contributed by atoms with Gasteiger partial charge >= 0.3 is 6.03 Å². The van der Waals surface area contributed by atoms with Crippen LogP contribution in [0.3, 0.4) is 0 Å². The van der Waals surface area contributed by atoms with Crippen molar-refractivity contribution in [3.05, 3.63) is 39.0 Å². The predicted molar refractivity (Wildman–Crippen MR) is 96.6 cm³/mol. The summed E-state index contributed by atoms with van der Waals surface area (Å²) in [5, 5.41) is 5.29. The molecule has 1 aliphatic rings. The lowest BCUT2D eigenvalue weighted by Gasteiger charge is -2.19. The second kappa shape index (κ2) is 7.32. The second-order valence-corrected chi connectivity index (χ2v) is 7.05. The van der Waals surface area contributed by atoms with Crippen LogP contribution in [0.2, 0.25) is 5.02 Å². The number of amides is 2. The van der Waals surface area contributed by atoms with Gasteiger partial charge in [0.05, 0.1) is 30.5 Å². The first-order valence-corrected chi connectivity index (χ1v) is 8.94. The average molecular weight is 367 g/mol. The van der Waals surface area contributed by atoms with Crippen molar-refractivity contribution >= 4 is 34.7 Å². The molecule has 0 fully saturated rings. The van der Waals surface area contributed by atoms with Crippen LogP contribution >= 0.6 is 22.9 Å². The van der Waals surface area contributed by atoms with Crippen LogP contribution in [0.15, 0.2) is 23.6 Å². The van der Waals surface area contributed by atoms with Gasteiger partial charge in [-0.05, 0) is 23.9 Å². The molecular formula is C17H19ClN2O3S. The molecule has 0 radical (unpaired) electrons. The Labute approximate surface area is 150 Å². The Hall–Kier alpha value is -1.92. The third-order valence-corrected chi connectivity index (χ3v) is 5.09. The number of fused-ring (bicyclic) bond motifs is 1. The summed E-state index contributed by atoms with van der Waals surface area (Å²) in [6.45, 7) is 3.77. The zero-order chi connectivity index (χ0) is 17.1. The number of nitrogens with zero attached hydrogens (tertiary/aromatic N) is 1. The van der Waals surface area contributed by atoms with Crippen LogP contribution in [0.1, 0.15) is 16.9 Å². The highest BCUT2D eigenvalue weighted by Gasteiger charge is 2.17. The molecule has 2 aromatic rings. The van der Waals surface area contributed by atoms with E-state index < -0.39 is 0 Å². The van der Waals surface area contributed by atoms with Crippen molar-refractivity contribution in [2.75, 3.05) is 25.6 Å². The minimum atomic E-state index is -0.223. The molecule has 0 aliphatic carbocycles. The second-order valence-electron chi connectivity index (χ2n) is 5.64. The number of rotatable bonds is 3. The largest absolute Gasteiger partial charge is 0.490 e. The molecular weight excluding hydrogens is 348 g/mol. The third-order valence-electron chi connectivity index (χ3n) is 3.77. The van der Waals surface area contributed by atoms with Gasteiger partial charge in [0.15, 0.2) is 11.5 Å². The van der Waals surface area contributed by atoms with E-state index in [1.54, 1.807) is 35.4 Å². The van der Waals surface area contributed by atoms with E-state index in [4.69, 9.17) is 21.1 Å². The Morgan fingerprint density at radius 3 is 2.71 bits per heavy atom. The van der Waals surface area contributed by atoms with Crippen molar-refractivity contribution in [2.24, 2.45) is 0 Å². The van der Waals surface area contributed by atoms with Crippen molar-refractivity contribution in [1.29, 1.82) is 0 Å². The Kier molecular flexibility index (Phi) is 5.16. The topological polar surface area (TPSA) is 50.8 Å². The van der Waals surface area contributed by atoms with Gasteiger partial charge in [-0.2, -0.15) is 0 Å². The number of nitrogens with one attached hydrogen (secondary N) is 1. The molecule has 7 heteroatoms. The number of hydrogen-bond donors (Lipinski definition) is 1. The molecule has 1 aromatic carbocycles. The van der Waals surface area contributed by atoms with Crippen LogP contribution in [0.4, 0.5) is 10.5 Å². The summed E-state index contributed by atoms with van der Waals surface area (Å²) < 4.78 is 11.2. The lowest BCUT2D eigenvalue weighted by atomic mass is 10.2. The summed E-state index contributed by atoms with van der Waals surface area (Å²) in [5.41, 5.74) is 1.70. The van der Waals surface area contributed by atoms with E-state index >= 15 is 0 Å². The number of ether oxygens (including phenoxy) is 2. The lowest BCUT2D eigenvalue weighted by molar-refractivity contribution is 0.221. The number of carbonyl (C=O) groups is 1. The summed E-state index contributed by atoms with van der Waals surface area (Å²) in [4.78, 5) is 15.2. The van der Waals surface area contributed by atoms with Crippen LogP contribution in [0, 0.1) is 6.92 Å². The number of thiophene rings is 1. The smallest absolute Gasteiger partial charge is 0.321 e. The fourth-order valence-corrected chi connectivity index (χ4v) is 3.50. The van der Waals surface area contributed by atoms with E-state index in [1.807, 2.05) is 18.4 Å². The monoisotopic (exact) mass is 366 g/mol. The number of carbonyl (C=O) groups excluding carboxylic acids is 1. The first kappa shape index (κ1) is 16.9. The summed E-state index contributed by atoms with van der Waals surface area (Å²) in [6, 6.07) is 5.22. The maximum Gasteiger partial charge on any atom is 0.321 e. The van der Waals surface area contributed by atoms with E-state index in [1.165, 1.54) is 5.56 Å². The molecule has 0 spiro atoms. The predicted octanol–water partition coefficient (Wildman–Crippen LogP) is 4.54. The van der Waals surface area contributed by atoms with Crippen molar-refractivity contribution in [1.82, 2.24) is 4.90 Å². The van der Waals surface area contributed by atoms with Gasteiger partial charge in [0.2, 0.25) is 0 Å². The van der Waals surface area contributed by atoms with Gasteiger partial charge in [0.25, 0.3) is 0 Å². The number of anilines is 1. The van der Waals surface area contributed by atoms with Gasteiger partial charge < -0.3 is 19.7 Å². The van der Waals surface area contributed by atoms with Gasteiger partial charge in [0.1, 0.15) is 0 Å². The number of urea groups is 1. The molecule has 5 nitrogen and oxygen atoms in total. The number of benzene rings is 1. The van der Waals surface area contributed by atoms with Crippen LogP contribution in [-0.4, -0.2) is 31.2 Å². The summed E-state index contributed by atoms with van der Waals surface area (Å²) in [7, 11) is 1.76. The Morgan fingerprint density at radius 2 is 2.04 bits per heavy atom. The molecule has 3 rings (SSSR count). The standard InChI is InChI=1S/C17H19ClN2O3S/c1-11-4-7-24-16(11)10-20(2)17(21)19-13-9-15-14(8-12(13)18)22-5-3-6-23-15/h4,7-9H,3,5-6,10H2,1-2H3,(H,19,21). The minimum absolute atomic E-state index is 0.223. The quantitative estimate of drug-likeness (QED) is 0.867. The zero-order valence-corrected chi connectivity index (χ0v) is 15.2. The maximum absolute atomic E-state index is 12.4. The Balaban J connectivity index is 1.72. The van der Waals surface area contributed by atoms with Crippen molar-refractivity contribution in [3.8, 4) is 11.5 Å². The molecule has 24 heavy (non-hydrogen) atoms. The molecule has 0 saturated heterocycles. The molecule has 2 amide bonds. The van der Waals surface area contributed by atoms with Crippen LogP contribution in [-0.2, 0) is 6.54 Å². The molecule has 1 aliphatic heterocycles. The molecule has 1 aromatic heterocycles. The highest BCUT2D eigenvalue weighted by atomic mass is 35.5. The summed E-state index contributed by atoms with van der Waals surface area (Å²) >= 11 is 7.91. The molecule has 0 unspecified atom stereocenters. The van der Waals surface area contributed by atoms with Crippen LogP contribution in [0.5, 0.6) is 11.5 Å². The third kappa shape index (κ3) is 3.76. The molecule has 128 valence electrons. The molecule has 0 atom stereocenters. The number of hydrogen-bond acceptors (Lipinski definition) is 4. The van der Waals surface area contributed by atoms with E-state index in [0.29, 0.717) is 42.0 Å². The average Bonchev–Trinajstić information content (AvgIpc) is 2.81. The first-order valence-electron chi connectivity index (χ1n) is 7.69. The highest BCUT2D eigenvalue weighted by Crippen LogP contribution is 2.37. The lowest BCUT2D eigenvalue weighted by Crippen LogP contribution is -2.30. The van der Waals surface area contributed by atoms with Crippen molar-refractivity contribution in [2.45, 2.75) is 19.9 Å². The van der Waals surface area contributed by atoms with E-state index in [-0.39, 0.29) is 6.03 Å². The fraction of sp³-hybridized carbons (Fsp3) is 0.353. The van der Waals surface area contributed by atoms with E-state index in [2.05, 4.69) is 5.32 Å². The van der Waals surface area contributed by atoms with Gasteiger partial charge in [-0.15, -0.1) is 11.3 Å². The van der Waals surface area contributed by atoms with Gasteiger partial charge in [0, 0.05) is 30.5 Å². The van der Waals surface area contributed by atoms with Gasteiger partial charge in [-0.25, -0.2) is 4.79 Å². The number of aryl methyl sites for hydroxylation is 1. The number of halogens is 1. The Morgan fingerprint density at radius 1 is 1.33 bits per heavy atom. The van der Waals surface area contributed by atoms with Gasteiger partial charge in [-0.1, -0.05) is 11.6 Å². The van der Waals surface area contributed by atoms with Crippen LogP contribution < -0.4 is 14.8 Å². The molecule has 1 N–H and O–H groups in total. The van der Waals surface area contributed by atoms with Crippen molar-refractivity contribution in [3.63, 3.8) is 0 Å². The fourth-order valence-electron chi connectivity index (χ4n) is 2.34. The van der Waals surface area contributed by atoms with Crippen LogP contribution in [0.25, 0.3) is 0 Å². The maximum atomic E-state index is 12.4. The van der Waals surface area contributed by atoms with Crippen molar-refractivity contribution < 1.29 is 14.3 Å². The SMILES string of the molecule is Cc1ccsc1CN(C)C(=O)Nc1cc2c(cc1Cl)OCCCO2. The Bertz CT molecular complexity index is 747. The minimum Gasteiger partial charge on any atom is -0.490 e. The molecule has 0 bridgehead atoms. The first-order chi connectivity index (χ1) is 11.5. The van der Waals surface area contributed by atoms with E-state index in [9.17, 15) is 4.79 Å². The van der Waals surface area contributed by atoms with E-state index in [0.717, 1.165) is 11.3 Å². The zero-order valence-electron chi connectivity index (χ0n) is 13.6. The summed E-state index contributed by atoms with van der Waals surface area (Å²) in [5.74, 6) is 1.21.